The number of hydrogen-bond acceptors (Lipinski definition) is 5. The van der Waals surface area contributed by atoms with Crippen molar-refractivity contribution in [2.45, 2.75) is 25.8 Å². The SMILES string of the molecule is CC1(C)OC(=O)C(=CNc2cc(C(F)(F)F)c(Cl)cc2I)C(=O)O1. The average Bonchev–Trinajstić information content (AvgIpc) is 2.36. The second kappa shape index (κ2) is 6.43. The first-order valence-corrected chi connectivity index (χ1v) is 7.86. The second-order valence-electron chi connectivity index (χ2n) is 5.19. The molecule has 1 aliphatic rings. The summed E-state index contributed by atoms with van der Waals surface area (Å²) in [7, 11) is 0. The fourth-order valence-corrected chi connectivity index (χ4v) is 2.88. The number of rotatable bonds is 2. The lowest BCUT2D eigenvalue weighted by Crippen LogP contribution is -2.42. The van der Waals surface area contributed by atoms with Gasteiger partial charge in [0.2, 0.25) is 0 Å². The summed E-state index contributed by atoms with van der Waals surface area (Å²) in [6, 6.07) is 1.90. The van der Waals surface area contributed by atoms with E-state index in [1.165, 1.54) is 13.8 Å². The number of nitrogens with one attached hydrogen (secondary N) is 1. The monoisotopic (exact) mass is 475 g/mol. The molecule has 0 saturated carbocycles. The van der Waals surface area contributed by atoms with E-state index in [2.05, 4.69) is 5.32 Å². The van der Waals surface area contributed by atoms with Gasteiger partial charge in [0.1, 0.15) is 0 Å². The molecule has 0 aromatic heterocycles. The Morgan fingerprint density at radius 2 is 1.75 bits per heavy atom. The molecule has 2 rings (SSSR count). The molecule has 0 unspecified atom stereocenters. The molecule has 1 aromatic carbocycles. The largest absolute Gasteiger partial charge is 0.419 e. The van der Waals surface area contributed by atoms with Crippen LogP contribution in [0.1, 0.15) is 19.4 Å². The smallest absolute Gasteiger partial charge is 0.417 e. The summed E-state index contributed by atoms with van der Waals surface area (Å²) in [4.78, 5) is 23.5. The molecule has 10 heteroatoms. The van der Waals surface area contributed by atoms with Crippen molar-refractivity contribution in [2.75, 3.05) is 5.32 Å². The maximum Gasteiger partial charge on any atom is 0.417 e. The van der Waals surface area contributed by atoms with Crippen molar-refractivity contribution in [1.29, 1.82) is 0 Å². The Morgan fingerprint density at radius 1 is 1.21 bits per heavy atom. The van der Waals surface area contributed by atoms with Crippen LogP contribution in [0, 0.1) is 3.57 Å². The molecule has 1 N–H and O–H groups in total. The van der Waals surface area contributed by atoms with Crippen molar-refractivity contribution in [2.24, 2.45) is 0 Å². The fraction of sp³-hybridized carbons (Fsp3) is 0.286. The number of hydrogen-bond donors (Lipinski definition) is 1. The molecule has 1 aromatic rings. The Bertz CT molecular complexity index is 724. The van der Waals surface area contributed by atoms with E-state index in [9.17, 15) is 22.8 Å². The molecule has 130 valence electrons. The Kier molecular flexibility index (Phi) is 5.05. The van der Waals surface area contributed by atoms with Gasteiger partial charge in [-0.3, -0.25) is 0 Å². The third-order valence-electron chi connectivity index (χ3n) is 2.85. The zero-order valence-electron chi connectivity index (χ0n) is 12.3. The Morgan fingerprint density at radius 3 is 2.25 bits per heavy atom. The minimum atomic E-state index is -4.64. The maximum absolute atomic E-state index is 12.9. The Balaban J connectivity index is 2.32. The van der Waals surface area contributed by atoms with Crippen LogP contribution in [0.5, 0.6) is 0 Å². The number of ether oxygens (including phenoxy) is 2. The molecule has 1 saturated heterocycles. The number of alkyl halides is 3. The first kappa shape index (κ1) is 18.8. The lowest BCUT2D eigenvalue weighted by atomic mass is 10.2. The van der Waals surface area contributed by atoms with Gasteiger partial charge in [-0.25, -0.2) is 9.59 Å². The zero-order valence-corrected chi connectivity index (χ0v) is 15.2. The molecule has 5 nitrogen and oxygen atoms in total. The summed E-state index contributed by atoms with van der Waals surface area (Å²) < 4.78 is 48.8. The van der Waals surface area contributed by atoms with E-state index in [-0.39, 0.29) is 5.69 Å². The lowest BCUT2D eigenvalue weighted by molar-refractivity contribution is -0.222. The normalized spacial score (nSPS) is 17.2. The number of carbonyl (C=O) groups excluding carboxylic acids is 2. The average molecular weight is 476 g/mol. The topological polar surface area (TPSA) is 64.6 Å². The van der Waals surface area contributed by atoms with Gasteiger partial charge in [0.05, 0.1) is 16.3 Å². The highest BCUT2D eigenvalue weighted by molar-refractivity contribution is 14.1. The molecule has 1 heterocycles. The van der Waals surface area contributed by atoms with Gasteiger partial charge in [0, 0.05) is 23.6 Å². The molecule has 0 atom stereocenters. The van der Waals surface area contributed by atoms with Gasteiger partial charge in [0.15, 0.2) is 5.57 Å². The van der Waals surface area contributed by atoms with Crippen molar-refractivity contribution in [1.82, 2.24) is 0 Å². The van der Waals surface area contributed by atoms with Crippen molar-refractivity contribution < 1.29 is 32.2 Å². The summed E-state index contributed by atoms with van der Waals surface area (Å²) in [6.45, 7) is 2.76. The van der Waals surface area contributed by atoms with E-state index in [4.69, 9.17) is 21.1 Å². The van der Waals surface area contributed by atoms with Gasteiger partial charge < -0.3 is 14.8 Å². The molecule has 0 amide bonds. The van der Waals surface area contributed by atoms with E-state index >= 15 is 0 Å². The number of anilines is 1. The minimum Gasteiger partial charge on any atom is -0.419 e. The van der Waals surface area contributed by atoms with E-state index in [0.29, 0.717) is 3.57 Å². The highest BCUT2D eigenvalue weighted by Gasteiger charge is 2.39. The Labute approximate surface area is 153 Å². The highest BCUT2D eigenvalue weighted by Crippen LogP contribution is 2.38. The van der Waals surface area contributed by atoms with Gasteiger partial charge in [-0.2, -0.15) is 13.2 Å². The van der Waals surface area contributed by atoms with Crippen molar-refractivity contribution in [3.63, 3.8) is 0 Å². The van der Waals surface area contributed by atoms with Crippen LogP contribution in [-0.4, -0.2) is 17.7 Å². The molecular weight excluding hydrogens is 466 g/mol. The van der Waals surface area contributed by atoms with Gasteiger partial charge in [-0.1, -0.05) is 11.6 Å². The van der Waals surface area contributed by atoms with E-state index < -0.39 is 40.1 Å². The highest BCUT2D eigenvalue weighted by atomic mass is 127. The third kappa shape index (κ3) is 4.12. The van der Waals surface area contributed by atoms with Crippen LogP contribution < -0.4 is 5.32 Å². The zero-order chi connectivity index (χ0) is 18.3. The number of carbonyl (C=O) groups is 2. The summed E-state index contributed by atoms with van der Waals surface area (Å²) >= 11 is 7.36. The molecular formula is C14H10ClF3INO4. The molecule has 1 fully saturated rings. The van der Waals surface area contributed by atoms with Crippen molar-refractivity contribution in [3.05, 3.63) is 38.1 Å². The van der Waals surface area contributed by atoms with Gasteiger partial charge in [-0.15, -0.1) is 0 Å². The number of cyclic esters (lactones) is 2. The summed E-state index contributed by atoms with van der Waals surface area (Å²) in [5, 5.41) is 2.03. The predicted molar refractivity (Wildman–Crippen MR) is 87.1 cm³/mol. The van der Waals surface area contributed by atoms with Gasteiger partial charge in [-0.05, 0) is 34.7 Å². The molecule has 0 radical (unpaired) electrons. The lowest BCUT2D eigenvalue weighted by Gasteiger charge is -2.29. The van der Waals surface area contributed by atoms with Crippen LogP contribution >= 0.6 is 34.2 Å². The van der Waals surface area contributed by atoms with E-state index in [0.717, 1.165) is 18.3 Å². The summed E-state index contributed by atoms with van der Waals surface area (Å²) in [5.41, 5.74) is -1.49. The minimum absolute atomic E-state index is 0.0188. The van der Waals surface area contributed by atoms with Crippen LogP contribution in [0.15, 0.2) is 23.9 Å². The van der Waals surface area contributed by atoms with Gasteiger partial charge >= 0.3 is 18.1 Å². The number of halogens is 5. The fourth-order valence-electron chi connectivity index (χ4n) is 1.81. The van der Waals surface area contributed by atoms with Crippen LogP contribution in [-0.2, 0) is 25.2 Å². The first-order valence-electron chi connectivity index (χ1n) is 6.40. The summed E-state index contributed by atoms with van der Waals surface area (Å²) in [5.74, 6) is -3.28. The second-order valence-corrected chi connectivity index (χ2v) is 6.76. The molecule has 1 aliphatic heterocycles. The third-order valence-corrected chi connectivity index (χ3v) is 4.06. The van der Waals surface area contributed by atoms with Crippen LogP contribution in [0.3, 0.4) is 0 Å². The predicted octanol–water partition coefficient (Wildman–Crippen LogP) is 4.10. The van der Waals surface area contributed by atoms with Crippen molar-refractivity contribution >= 4 is 51.8 Å². The molecule has 0 spiro atoms. The van der Waals surface area contributed by atoms with Crippen LogP contribution in [0.25, 0.3) is 0 Å². The van der Waals surface area contributed by atoms with E-state index in [1.54, 1.807) is 22.6 Å². The molecule has 0 bridgehead atoms. The van der Waals surface area contributed by atoms with Crippen molar-refractivity contribution in [3.8, 4) is 0 Å². The Hall–Kier alpha value is -1.49. The molecule has 0 aliphatic carbocycles. The number of benzene rings is 1. The molecule has 24 heavy (non-hydrogen) atoms. The van der Waals surface area contributed by atoms with Gasteiger partial charge in [0.25, 0.3) is 5.79 Å². The maximum atomic E-state index is 12.9. The quantitative estimate of drug-likeness (QED) is 0.302. The van der Waals surface area contributed by atoms with Crippen LogP contribution in [0.4, 0.5) is 18.9 Å². The first-order chi connectivity index (χ1) is 10.9. The summed E-state index contributed by atoms with van der Waals surface area (Å²) in [6.07, 6.45) is -3.71. The number of esters is 2. The van der Waals surface area contributed by atoms with E-state index in [1.807, 2.05) is 0 Å². The van der Waals surface area contributed by atoms with Crippen LogP contribution in [0.2, 0.25) is 5.02 Å². The standard InChI is InChI=1S/C14H10ClF3INO4/c1-13(2)23-11(21)6(12(22)24-13)5-20-10-3-7(14(16,17)18)8(15)4-9(10)19/h3-5,20H,1-2H3.